The molecule has 1 N–H and O–H groups in total. The molecular weight excluding hydrogens is 242 g/mol. The van der Waals surface area contributed by atoms with E-state index < -0.39 is 0 Å². The van der Waals surface area contributed by atoms with Crippen LogP contribution in [0.25, 0.3) is 0 Å². The largest absolute Gasteiger partial charge is 0.351 e. The van der Waals surface area contributed by atoms with Gasteiger partial charge in [0.15, 0.2) is 0 Å². The molecule has 1 aromatic rings. The molecule has 3 heteroatoms. The summed E-state index contributed by atoms with van der Waals surface area (Å²) in [6, 6.07) is 7.22. The van der Waals surface area contributed by atoms with Crippen LogP contribution in [-0.4, -0.2) is 12.5 Å². The number of rotatable bonds is 3. The minimum atomic E-state index is -0.0958. The van der Waals surface area contributed by atoms with Gasteiger partial charge >= 0.3 is 0 Å². The molecule has 0 spiro atoms. The van der Waals surface area contributed by atoms with Crippen LogP contribution < -0.4 is 5.32 Å². The van der Waals surface area contributed by atoms with Crippen LogP contribution in [0.5, 0.6) is 0 Å². The van der Waals surface area contributed by atoms with Crippen molar-refractivity contribution < 1.29 is 4.79 Å². The summed E-state index contributed by atoms with van der Waals surface area (Å²) in [6.07, 6.45) is 5.62. The van der Waals surface area contributed by atoms with E-state index in [0.29, 0.717) is 18.5 Å². The average Bonchev–Trinajstić information content (AvgIpc) is 2.18. The van der Waals surface area contributed by atoms with Crippen molar-refractivity contribution in [1.29, 1.82) is 0 Å². The topological polar surface area (TPSA) is 29.1 Å². The molecule has 2 nitrogen and oxygen atoms in total. The highest BCUT2D eigenvalue weighted by atomic mass is 79.9. The molecule has 0 heterocycles. The molecule has 1 rings (SSSR count). The Kier molecular flexibility index (Phi) is 4.21. The number of amides is 1. The number of hydrogen-bond acceptors (Lipinski definition) is 1. The van der Waals surface area contributed by atoms with E-state index >= 15 is 0 Å². The molecule has 0 aliphatic rings. The molecule has 14 heavy (non-hydrogen) atoms. The van der Waals surface area contributed by atoms with Crippen LogP contribution in [0.15, 0.2) is 28.7 Å². The lowest BCUT2D eigenvalue weighted by atomic mass is 10.2. The molecule has 0 radical (unpaired) electrons. The van der Waals surface area contributed by atoms with Crippen LogP contribution in [0.1, 0.15) is 16.8 Å². The number of carbonyl (C=O) groups is 1. The van der Waals surface area contributed by atoms with Crippen molar-refractivity contribution in [1.82, 2.24) is 5.32 Å². The summed E-state index contributed by atoms with van der Waals surface area (Å²) in [6.45, 7) is 0.516. The highest BCUT2D eigenvalue weighted by Gasteiger charge is 2.03. The standard InChI is InChI=1S/C11H10BrNO/c1-2-3-7-13-11(14)9-5-4-6-10(12)8-9/h1,4-6,8H,3,7H2,(H,13,14). The summed E-state index contributed by atoms with van der Waals surface area (Å²) in [7, 11) is 0. The van der Waals surface area contributed by atoms with E-state index in [0.717, 1.165) is 4.47 Å². The van der Waals surface area contributed by atoms with E-state index in [1.54, 1.807) is 12.1 Å². The molecule has 0 aliphatic carbocycles. The Morgan fingerprint density at radius 1 is 1.57 bits per heavy atom. The highest BCUT2D eigenvalue weighted by Crippen LogP contribution is 2.11. The molecule has 72 valence electrons. The van der Waals surface area contributed by atoms with Gasteiger partial charge in [-0.05, 0) is 18.2 Å². The predicted octanol–water partition coefficient (Wildman–Crippen LogP) is 2.20. The summed E-state index contributed by atoms with van der Waals surface area (Å²) in [4.78, 5) is 11.5. The molecule has 0 aliphatic heterocycles. The number of terminal acetylenes is 1. The van der Waals surface area contributed by atoms with Crippen LogP contribution in [0, 0.1) is 12.3 Å². The van der Waals surface area contributed by atoms with Crippen molar-refractivity contribution in [2.45, 2.75) is 6.42 Å². The predicted molar refractivity (Wildman–Crippen MR) is 59.9 cm³/mol. The molecule has 0 bridgehead atoms. The molecule has 0 saturated carbocycles. The van der Waals surface area contributed by atoms with Crippen LogP contribution in [-0.2, 0) is 0 Å². The monoisotopic (exact) mass is 251 g/mol. The van der Waals surface area contributed by atoms with Crippen molar-refractivity contribution in [3.05, 3.63) is 34.3 Å². The van der Waals surface area contributed by atoms with Gasteiger partial charge in [-0.3, -0.25) is 4.79 Å². The fraction of sp³-hybridized carbons (Fsp3) is 0.182. The summed E-state index contributed by atoms with van der Waals surface area (Å²) in [5, 5.41) is 2.72. The zero-order valence-electron chi connectivity index (χ0n) is 7.59. The van der Waals surface area contributed by atoms with Gasteiger partial charge in [0.1, 0.15) is 0 Å². The quantitative estimate of drug-likeness (QED) is 0.648. The molecule has 0 aromatic heterocycles. The summed E-state index contributed by atoms with van der Waals surface area (Å²) in [5.41, 5.74) is 0.636. The number of halogens is 1. The van der Waals surface area contributed by atoms with Gasteiger partial charge in [0.2, 0.25) is 0 Å². The van der Waals surface area contributed by atoms with Crippen molar-refractivity contribution >= 4 is 21.8 Å². The SMILES string of the molecule is C#CCCNC(=O)c1cccc(Br)c1. The van der Waals surface area contributed by atoms with E-state index in [4.69, 9.17) is 6.42 Å². The molecule has 1 aromatic carbocycles. The van der Waals surface area contributed by atoms with Gasteiger partial charge in [-0.15, -0.1) is 12.3 Å². The third-order valence-corrected chi connectivity index (χ3v) is 2.13. The lowest BCUT2D eigenvalue weighted by molar-refractivity contribution is 0.0954. The zero-order chi connectivity index (χ0) is 10.4. The maximum absolute atomic E-state index is 11.5. The average molecular weight is 252 g/mol. The number of hydrogen-bond donors (Lipinski definition) is 1. The maximum Gasteiger partial charge on any atom is 0.251 e. The number of carbonyl (C=O) groups excluding carboxylic acids is 1. The van der Waals surface area contributed by atoms with Crippen molar-refractivity contribution in [3.63, 3.8) is 0 Å². The van der Waals surface area contributed by atoms with Gasteiger partial charge in [0, 0.05) is 23.0 Å². The van der Waals surface area contributed by atoms with Gasteiger partial charge in [-0.1, -0.05) is 22.0 Å². The Bertz CT molecular complexity index is 368. The second-order valence-electron chi connectivity index (χ2n) is 2.72. The highest BCUT2D eigenvalue weighted by molar-refractivity contribution is 9.10. The molecular formula is C11H10BrNO. The van der Waals surface area contributed by atoms with Crippen molar-refractivity contribution in [2.75, 3.05) is 6.54 Å². The molecule has 0 saturated heterocycles. The van der Waals surface area contributed by atoms with Crippen LogP contribution in [0.2, 0.25) is 0 Å². The first kappa shape index (κ1) is 10.8. The van der Waals surface area contributed by atoms with Gasteiger partial charge in [0.05, 0.1) is 0 Å². The molecule has 1 amide bonds. The zero-order valence-corrected chi connectivity index (χ0v) is 9.17. The lowest BCUT2D eigenvalue weighted by Gasteiger charge is -2.02. The van der Waals surface area contributed by atoms with E-state index in [1.807, 2.05) is 12.1 Å². The first-order valence-electron chi connectivity index (χ1n) is 4.21. The Hall–Kier alpha value is -1.27. The van der Waals surface area contributed by atoms with E-state index in [1.165, 1.54) is 0 Å². The summed E-state index contributed by atoms with van der Waals surface area (Å²) in [5.74, 6) is 2.37. The van der Waals surface area contributed by atoms with Gasteiger partial charge < -0.3 is 5.32 Å². The van der Waals surface area contributed by atoms with Gasteiger partial charge in [-0.25, -0.2) is 0 Å². The normalized spacial score (nSPS) is 9.14. The Balaban J connectivity index is 2.57. The fourth-order valence-corrected chi connectivity index (χ4v) is 1.38. The van der Waals surface area contributed by atoms with E-state index in [9.17, 15) is 4.79 Å². The molecule has 0 unspecified atom stereocenters. The van der Waals surface area contributed by atoms with Crippen LogP contribution in [0.3, 0.4) is 0 Å². The Labute approximate surface area is 91.8 Å². The fourth-order valence-electron chi connectivity index (χ4n) is 0.980. The first-order chi connectivity index (χ1) is 6.74. The summed E-state index contributed by atoms with van der Waals surface area (Å²) < 4.78 is 0.891. The molecule has 0 fully saturated rings. The number of benzene rings is 1. The van der Waals surface area contributed by atoms with Crippen LogP contribution >= 0.6 is 15.9 Å². The van der Waals surface area contributed by atoms with E-state index in [-0.39, 0.29) is 5.91 Å². The van der Waals surface area contributed by atoms with Gasteiger partial charge in [-0.2, -0.15) is 0 Å². The van der Waals surface area contributed by atoms with Crippen molar-refractivity contribution in [2.24, 2.45) is 0 Å². The Morgan fingerprint density at radius 2 is 2.36 bits per heavy atom. The third-order valence-electron chi connectivity index (χ3n) is 1.64. The smallest absolute Gasteiger partial charge is 0.251 e. The summed E-state index contributed by atoms with van der Waals surface area (Å²) >= 11 is 3.30. The second-order valence-corrected chi connectivity index (χ2v) is 3.64. The van der Waals surface area contributed by atoms with Crippen molar-refractivity contribution in [3.8, 4) is 12.3 Å². The van der Waals surface area contributed by atoms with Crippen LogP contribution in [0.4, 0.5) is 0 Å². The lowest BCUT2D eigenvalue weighted by Crippen LogP contribution is -2.24. The second kappa shape index (κ2) is 5.46. The third kappa shape index (κ3) is 3.23. The minimum Gasteiger partial charge on any atom is -0.351 e. The first-order valence-corrected chi connectivity index (χ1v) is 5.00. The van der Waals surface area contributed by atoms with E-state index in [2.05, 4.69) is 27.2 Å². The maximum atomic E-state index is 11.5. The number of nitrogens with one attached hydrogen (secondary N) is 1. The minimum absolute atomic E-state index is 0.0958. The van der Waals surface area contributed by atoms with Gasteiger partial charge in [0.25, 0.3) is 5.91 Å². The Morgan fingerprint density at radius 3 is 3.00 bits per heavy atom. The molecule has 0 atom stereocenters.